The van der Waals surface area contributed by atoms with Gasteiger partial charge in [0.2, 0.25) is 5.91 Å². The van der Waals surface area contributed by atoms with Crippen LogP contribution in [0.15, 0.2) is 29.3 Å². The van der Waals surface area contributed by atoms with Gasteiger partial charge in [-0.1, -0.05) is 24.3 Å². The number of carbonyl (C=O) groups is 1. The van der Waals surface area contributed by atoms with Gasteiger partial charge in [-0.15, -0.1) is 0 Å². The third kappa shape index (κ3) is 4.08. The van der Waals surface area contributed by atoms with Crippen LogP contribution < -0.4 is 10.6 Å². The van der Waals surface area contributed by atoms with Gasteiger partial charge in [0.1, 0.15) is 0 Å². The van der Waals surface area contributed by atoms with Crippen molar-refractivity contribution in [2.75, 3.05) is 32.7 Å². The number of carbonyl (C=O) groups excluding carboxylic acids is 1. The summed E-state index contributed by atoms with van der Waals surface area (Å²) in [5.74, 6) is 1.74. The molecule has 0 radical (unpaired) electrons. The topological polar surface area (TPSA) is 56.7 Å². The molecule has 1 aliphatic carbocycles. The maximum absolute atomic E-state index is 11.6. The van der Waals surface area contributed by atoms with Gasteiger partial charge >= 0.3 is 0 Å². The van der Waals surface area contributed by atoms with E-state index in [1.807, 2.05) is 4.90 Å². The summed E-state index contributed by atoms with van der Waals surface area (Å²) in [6.45, 7) is 6.39. The Morgan fingerprint density at radius 2 is 2.21 bits per heavy atom. The van der Waals surface area contributed by atoms with E-state index in [0.29, 0.717) is 11.8 Å². The van der Waals surface area contributed by atoms with Gasteiger partial charge in [0.25, 0.3) is 0 Å². The first-order valence-electron chi connectivity index (χ1n) is 9.15. The quantitative estimate of drug-likeness (QED) is 0.457. The Balaban J connectivity index is 1.42. The Hall–Kier alpha value is -2.04. The van der Waals surface area contributed by atoms with Crippen LogP contribution in [0.25, 0.3) is 0 Å². The first kappa shape index (κ1) is 16.8. The molecule has 0 spiro atoms. The number of hydrogen-bond donors (Lipinski definition) is 2. The fourth-order valence-corrected chi connectivity index (χ4v) is 3.49. The number of rotatable bonds is 7. The molecule has 1 heterocycles. The first-order chi connectivity index (χ1) is 11.8. The number of aliphatic imine (C=N–C) groups is 1. The zero-order valence-electron chi connectivity index (χ0n) is 14.6. The van der Waals surface area contributed by atoms with Crippen LogP contribution in [0, 0.1) is 0 Å². The summed E-state index contributed by atoms with van der Waals surface area (Å²) in [6.07, 6.45) is 3.83. The highest BCUT2D eigenvalue weighted by molar-refractivity contribution is 5.80. The van der Waals surface area contributed by atoms with Crippen LogP contribution in [0.2, 0.25) is 0 Å². The largest absolute Gasteiger partial charge is 0.357 e. The maximum atomic E-state index is 11.6. The number of amides is 1. The Bertz CT molecular complexity index is 599. The van der Waals surface area contributed by atoms with E-state index in [2.05, 4.69) is 41.8 Å². The Morgan fingerprint density at radius 3 is 2.96 bits per heavy atom. The zero-order chi connectivity index (χ0) is 16.8. The molecule has 0 aromatic heterocycles. The molecule has 1 aliphatic heterocycles. The van der Waals surface area contributed by atoms with Crippen LogP contribution >= 0.6 is 0 Å². The van der Waals surface area contributed by atoms with E-state index in [1.165, 1.54) is 11.1 Å². The van der Waals surface area contributed by atoms with Gasteiger partial charge in [0.05, 0.1) is 0 Å². The zero-order valence-corrected chi connectivity index (χ0v) is 14.6. The van der Waals surface area contributed by atoms with Crippen LogP contribution in [0.1, 0.15) is 43.2 Å². The average molecular weight is 328 g/mol. The fraction of sp³-hybridized carbons (Fsp3) is 0.579. The number of hydrogen-bond acceptors (Lipinski definition) is 2. The van der Waals surface area contributed by atoms with Crippen molar-refractivity contribution in [2.24, 2.45) is 4.99 Å². The predicted octanol–water partition coefficient (Wildman–Crippen LogP) is 1.89. The third-order valence-corrected chi connectivity index (χ3v) is 4.84. The van der Waals surface area contributed by atoms with Gasteiger partial charge in [-0.05, 0) is 37.3 Å². The highest BCUT2D eigenvalue weighted by Gasteiger charge is 2.25. The van der Waals surface area contributed by atoms with E-state index in [9.17, 15) is 4.79 Å². The summed E-state index contributed by atoms with van der Waals surface area (Å²) in [5, 5.41) is 6.69. The van der Waals surface area contributed by atoms with Crippen molar-refractivity contribution >= 4 is 11.9 Å². The monoisotopic (exact) mass is 328 g/mol. The minimum atomic E-state index is 0.305. The van der Waals surface area contributed by atoms with Gasteiger partial charge in [-0.25, -0.2) is 0 Å². The Kier molecular flexibility index (Phi) is 5.72. The van der Waals surface area contributed by atoms with E-state index in [0.717, 1.165) is 64.4 Å². The predicted molar refractivity (Wildman–Crippen MR) is 97.3 cm³/mol. The average Bonchev–Trinajstić information content (AvgIpc) is 2.97. The summed E-state index contributed by atoms with van der Waals surface area (Å²) < 4.78 is 0. The molecule has 1 aromatic rings. The van der Waals surface area contributed by atoms with E-state index in [-0.39, 0.29) is 0 Å². The summed E-state index contributed by atoms with van der Waals surface area (Å²) in [6, 6.07) is 8.64. The number of nitrogens with one attached hydrogen (secondary N) is 2. The lowest BCUT2D eigenvalue weighted by Crippen LogP contribution is -2.39. The maximum Gasteiger partial charge on any atom is 0.222 e. The molecule has 130 valence electrons. The number of likely N-dealkylation sites (tertiary alicyclic amines) is 1. The van der Waals surface area contributed by atoms with E-state index < -0.39 is 0 Å². The van der Waals surface area contributed by atoms with Gasteiger partial charge < -0.3 is 15.5 Å². The molecule has 1 saturated heterocycles. The molecule has 2 aliphatic rings. The van der Waals surface area contributed by atoms with Crippen molar-refractivity contribution in [1.82, 2.24) is 15.5 Å². The van der Waals surface area contributed by atoms with Crippen LogP contribution in [0.4, 0.5) is 0 Å². The molecular weight excluding hydrogens is 300 g/mol. The van der Waals surface area contributed by atoms with Crippen LogP contribution in [0.3, 0.4) is 0 Å². The molecule has 0 saturated carbocycles. The van der Waals surface area contributed by atoms with Crippen LogP contribution in [0.5, 0.6) is 0 Å². The molecule has 5 nitrogen and oxygen atoms in total. The van der Waals surface area contributed by atoms with Crippen molar-refractivity contribution in [1.29, 1.82) is 0 Å². The molecule has 1 unspecified atom stereocenters. The molecular formula is C19H28N4O. The minimum absolute atomic E-state index is 0.305. The minimum Gasteiger partial charge on any atom is -0.357 e. The molecule has 3 rings (SSSR count). The lowest BCUT2D eigenvalue weighted by Gasteiger charge is -2.29. The first-order valence-corrected chi connectivity index (χ1v) is 9.15. The van der Waals surface area contributed by atoms with Crippen LogP contribution in [-0.4, -0.2) is 49.5 Å². The second-order valence-corrected chi connectivity index (χ2v) is 6.58. The number of guanidine groups is 1. The van der Waals surface area contributed by atoms with Crippen molar-refractivity contribution in [2.45, 2.75) is 38.5 Å². The van der Waals surface area contributed by atoms with Crippen LogP contribution in [-0.2, 0) is 11.2 Å². The van der Waals surface area contributed by atoms with E-state index in [4.69, 9.17) is 4.99 Å². The highest BCUT2D eigenvalue weighted by Crippen LogP contribution is 2.34. The normalized spacial score (nSPS) is 19.9. The van der Waals surface area contributed by atoms with Crippen molar-refractivity contribution in [3.05, 3.63) is 35.4 Å². The van der Waals surface area contributed by atoms with Crippen molar-refractivity contribution < 1.29 is 4.79 Å². The number of fused-ring (bicyclic) bond motifs is 1. The van der Waals surface area contributed by atoms with Gasteiger partial charge in [-0.2, -0.15) is 0 Å². The Morgan fingerprint density at radius 1 is 1.33 bits per heavy atom. The van der Waals surface area contributed by atoms with Crippen molar-refractivity contribution in [3.63, 3.8) is 0 Å². The number of nitrogens with zero attached hydrogens (tertiary/aromatic N) is 2. The SMILES string of the molecule is CCNC(=NCC1Cc2ccccc21)NCCCN1CCCC1=O. The molecule has 0 bridgehead atoms. The third-order valence-electron chi connectivity index (χ3n) is 4.84. The summed E-state index contributed by atoms with van der Waals surface area (Å²) in [4.78, 5) is 18.3. The van der Waals surface area contributed by atoms with Crippen molar-refractivity contribution in [3.8, 4) is 0 Å². The Labute approximate surface area is 144 Å². The summed E-state index contributed by atoms with van der Waals surface area (Å²) in [7, 11) is 0. The molecule has 2 N–H and O–H groups in total. The lowest BCUT2D eigenvalue weighted by atomic mass is 9.78. The summed E-state index contributed by atoms with van der Waals surface area (Å²) >= 11 is 0. The molecule has 1 aromatic carbocycles. The number of benzene rings is 1. The molecule has 24 heavy (non-hydrogen) atoms. The lowest BCUT2D eigenvalue weighted by molar-refractivity contribution is -0.127. The molecule has 1 fully saturated rings. The van der Waals surface area contributed by atoms with Gasteiger partial charge in [-0.3, -0.25) is 9.79 Å². The molecule has 5 heteroatoms. The van der Waals surface area contributed by atoms with E-state index in [1.54, 1.807) is 0 Å². The standard InChI is InChI=1S/C19H28N4O/c1-2-20-19(21-10-6-12-23-11-5-9-18(23)24)22-14-16-13-15-7-3-4-8-17(15)16/h3-4,7-8,16H,2,5-6,9-14H2,1H3,(H2,20,21,22). The van der Waals surface area contributed by atoms with Gasteiger partial charge in [0.15, 0.2) is 5.96 Å². The summed E-state index contributed by atoms with van der Waals surface area (Å²) in [5.41, 5.74) is 2.91. The second kappa shape index (κ2) is 8.18. The molecule has 1 atom stereocenters. The molecule has 1 amide bonds. The second-order valence-electron chi connectivity index (χ2n) is 6.58. The van der Waals surface area contributed by atoms with E-state index >= 15 is 0 Å². The smallest absolute Gasteiger partial charge is 0.222 e. The fourth-order valence-electron chi connectivity index (χ4n) is 3.49. The van der Waals surface area contributed by atoms with Gasteiger partial charge in [0, 0.05) is 45.1 Å². The highest BCUT2D eigenvalue weighted by atomic mass is 16.2.